The number of benzene rings is 3. The Morgan fingerprint density at radius 2 is 1.65 bits per heavy atom. The van der Waals surface area contributed by atoms with E-state index in [0.717, 1.165) is 21.2 Å². The van der Waals surface area contributed by atoms with Gasteiger partial charge in [0.15, 0.2) is 0 Å². The van der Waals surface area contributed by atoms with Crippen LogP contribution in [0.2, 0.25) is 5.02 Å². The Bertz CT molecular complexity index is 2260. The average Bonchev–Trinajstić information content (AvgIpc) is 3.36. The second kappa shape index (κ2) is 15.3. The van der Waals surface area contributed by atoms with E-state index >= 15 is 13.2 Å². The highest BCUT2D eigenvalue weighted by atomic mass is 79.9. The maximum atomic E-state index is 15.1. The molecule has 3 aromatic carbocycles. The fraction of sp³-hybridized carbons (Fsp3) is 0.225. The van der Waals surface area contributed by atoms with Crippen molar-refractivity contribution >= 4 is 50.7 Å². The Balaban J connectivity index is 1.36. The molecule has 55 heavy (non-hydrogen) atoms. The van der Waals surface area contributed by atoms with Gasteiger partial charge in [-0.2, -0.15) is 13.2 Å². The second-order valence-electron chi connectivity index (χ2n) is 13.0. The highest BCUT2D eigenvalue weighted by Gasteiger charge is 2.39. The van der Waals surface area contributed by atoms with Gasteiger partial charge in [0, 0.05) is 41.1 Å². The molecule has 2 aliphatic rings. The number of hydrogen-bond donors (Lipinski definition) is 2. The van der Waals surface area contributed by atoms with E-state index in [2.05, 4.69) is 26.2 Å². The highest BCUT2D eigenvalue weighted by molar-refractivity contribution is 9.10. The molecule has 0 aliphatic carbocycles. The zero-order valence-electron chi connectivity index (χ0n) is 30.2. The number of nitrogens with zero attached hydrogens (tertiary/aromatic N) is 5. The predicted octanol–water partition coefficient (Wildman–Crippen LogP) is 9.75. The number of amidine groups is 1. The minimum Gasteiger partial charge on any atom is -0.497 e. The first-order chi connectivity index (χ1) is 26.4. The Hall–Kier alpha value is -5.47. The smallest absolute Gasteiger partial charge is 0.418 e. The molecular formula is C40H36BrClF3N7O3. The number of aryl methyl sites for hydroxylation is 1. The molecule has 7 rings (SSSR count). The van der Waals surface area contributed by atoms with Gasteiger partial charge in [-0.1, -0.05) is 35.9 Å². The van der Waals surface area contributed by atoms with Crippen LogP contribution in [0.25, 0.3) is 11.3 Å². The molecule has 2 aliphatic heterocycles. The van der Waals surface area contributed by atoms with Gasteiger partial charge in [0.1, 0.15) is 47.7 Å². The number of rotatable bonds is 10. The lowest BCUT2D eigenvalue weighted by atomic mass is 9.96. The van der Waals surface area contributed by atoms with Gasteiger partial charge in [-0.05, 0) is 88.9 Å². The predicted molar refractivity (Wildman–Crippen MR) is 212 cm³/mol. The fourth-order valence-electron chi connectivity index (χ4n) is 6.76. The van der Waals surface area contributed by atoms with Gasteiger partial charge >= 0.3 is 6.18 Å². The molecule has 2 aromatic heterocycles. The lowest BCUT2D eigenvalue weighted by molar-refractivity contribution is -0.137. The molecule has 0 amide bonds. The third kappa shape index (κ3) is 7.61. The SMILES string of the molecule is COc1ccc(CN(Cc2ccc(OC)cc2)c2cc(C)c(C(F)(F)F)c(-c3cc4c5c(c3Cl)NCN=C5N(C(C)c3cc(Br)cnc3N)C=CO4)n2)cc1. The van der Waals surface area contributed by atoms with Gasteiger partial charge in [0.05, 0.1) is 47.8 Å². The van der Waals surface area contributed by atoms with Crippen LogP contribution in [0.3, 0.4) is 0 Å². The largest absolute Gasteiger partial charge is 0.497 e. The van der Waals surface area contributed by atoms with Crippen LogP contribution in [0.4, 0.5) is 30.5 Å². The third-order valence-electron chi connectivity index (χ3n) is 9.51. The molecule has 1 atom stereocenters. The van der Waals surface area contributed by atoms with Crippen LogP contribution in [-0.2, 0) is 19.3 Å². The van der Waals surface area contributed by atoms with Gasteiger partial charge in [0.25, 0.3) is 0 Å². The summed E-state index contributed by atoms with van der Waals surface area (Å²) in [5.41, 5.74) is 8.46. The summed E-state index contributed by atoms with van der Waals surface area (Å²) in [6, 6.07) is 19.5. The van der Waals surface area contributed by atoms with E-state index in [-0.39, 0.29) is 40.3 Å². The number of pyridine rings is 2. The zero-order chi connectivity index (χ0) is 39.0. The monoisotopic (exact) mass is 833 g/mol. The molecule has 0 saturated heterocycles. The van der Waals surface area contributed by atoms with E-state index in [1.54, 1.807) is 26.6 Å². The Morgan fingerprint density at radius 1 is 1.02 bits per heavy atom. The molecule has 3 N–H and O–H groups in total. The topological polar surface area (TPSA) is 110 Å². The van der Waals surface area contributed by atoms with E-state index in [4.69, 9.17) is 41.5 Å². The number of nitrogens with two attached hydrogens (primary N) is 1. The molecule has 0 fully saturated rings. The third-order valence-corrected chi connectivity index (χ3v) is 10.3. The van der Waals surface area contributed by atoms with Gasteiger partial charge in [-0.3, -0.25) is 0 Å². The number of hydrogen-bond acceptors (Lipinski definition) is 10. The molecule has 0 bridgehead atoms. The normalized spacial score (nSPS) is 13.9. The molecule has 1 unspecified atom stereocenters. The van der Waals surface area contributed by atoms with Crippen LogP contribution in [-0.4, -0.2) is 41.6 Å². The summed E-state index contributed by atoms with van der Waals surface area (Å²) in [5.74, 6) is 2.78. The van der Waals surface area contributed by atoms with E-state index in [1.807, 2.05) is 71.3 Å². The minimum absolute atomic E-state index is 0.0159. The number of aromatic nitrogens is 2. The number of ether oxygens (including phenoxy) is 3. The summed E-state index contributed by atoms with van der Waals surface area (Å²) in [5, 5.41) is 3.22. The molecule has 10 nitrogen and oxygen atoms in total. The first-order valence-corrected chi connectivity index (χ1v) is 18.3. The van der Waals surface area contributed by atoms with Crippen molar-refractivity contribution in [1.82, 2.24) is 14.9 Å². The van der Waals surface area contributed by atoms with Gasteiger partial charge < -0.3 is 35.1 Å². The quantitative estimate of drug-likeness (QED) is 0.142. The second-order valence-corrected chi connectivity index (χ2v) is 14.3. The molecule has 0 spiro atoms. The van der Waals surface area contributed by atoms with Crippen molar-refractivity contribution in [1.29, 1.82) is 0 Å². The lowest BCUT2D eigenvalue weighted by Crippen LogP contribution is -2.33. The Morgan fingerprint density at radius 3 is 2.25 bits per heavy atom. The van der Waals surface area contributed by atoms with Crippen molar-refractivity contribution in [3.63, 3.8) is 0 Å². The summed E-state index contributed by atoms with van der Waals surface area (Å²) in [6.45, 7) is 4.13. The number of alkyl halides is 3. The standard InChI is InChI=1S/C40H36BrClF3N7O3/c1-22-15-32(51(19-24-5-9-27(53-3)10-6-24)20-25-7-11-28(54-4)12-8-25)50-36(34(22)40(43,44)45)30-17-31-33-37(35(30)42)48-21-49-39(33)52(13-14-55-31)23(2)29-16-26(41)18-47-38(29)46/h5-18,23,48H,19-21H2,1-4H3,(H2,46,47). The highest BCUT2D eigenvalue weighted by Crippen LogP contribution is 2.49. The summed E-state index contributed by atoms with van der Waals surface area (Å²) in [7, 11) is 3.17. The number of nitrogens with one attached hydrogen (secondary N) is 1. The summed E-state index contributed by atoms with van der Waals surface area (Å²) < 4.78 is 62.8. The average molecular weight is 835 g/mol. The summed E-state index contributed by atoms with van der Waals surface area (Å²) in [6.07, 6.45) is 0.00539. The molecule has 0 saturated carbocycles. The van der Waals surface area contributed by atoms with Crippen LogP contribution in [0.5, 0.6) is 17.2 Å². The first-order valence-electron chi connectivity index (χ1n) is 17.1. The Labute approximate surface area is 329 Å². The molecule has 284 valence electrons. The van der Waals surface area contributed by atoms with Crippen molar-refractivity contribution in [2.75, 3.05) is 36.8 Å². The van der Waals surface area contributed by atoms with Crippen molar-refractivity contribution in [2.24, 2.45) is 4.99 Å². The van der Waals surface area contributed by atoms with E-state index < -0.39 is 11.7 Å². The van der Waals surface area contributed by atoms with Crippen molar-refractivity contribution in [3.05, 3.63) is 128 Å². The van der Waals surface area contributed by atoms with Gasteiger partial charge in [-0.25, -0.2) is 15.0 Å². The number of nitrogen functional groups attached to an aromatic ring is 1. The number of halogens is 5. The number of methoxy groups -OCH3 is 2. The molecule has 5 aromatic rings. The van der Waals surface area contributed by atoms with E-state index in [0.29, 0.717) is 53.3 Å². The first kappa shape index (κ1) is 37.8. The zero-order valence-corrected chi connectivity index (χ0v) is 32.6. The maximum Gasteiger partial charge on any atom is 0.418 e. The van der Waals surface area contributed by atoms with Crippen LogP contribution in [0.1, 0.15) is 46.3 Å². The van der Waals surface area contributed by atoms with Gasteiger partial charge in [0.2, 0.25) is 0 Å². The van der Waals surface area contributed by atoms with E-state index in [1.165, 1.54) is 25.3 Å². The minimum atomic E-state index is -4.76. The van der Waals surface area contributed by atoms with Crippen molar-refractivity contribution in [2.45, 2.75) is 39.2 Å². The van der Waals surface area contributed by atoms with Crippen molar-refractivity contribution in [3.8, 4) is 28.5 Å². The van der Waals surface area contributed by atoms with Gasteiger partial charge in [-0.15, -0.1) is 0 Å². The van der Waals surface area contributed by atoms with Crippen LogP contribution >= 0.6 is 27.5 Å². The molecule has 15 heteroatoms. The number of anilines is 3. The van der Waals surface area contributed by atoms with Crippen molar-refractivity contribution < 1.29 is 27.4 Å². The number of aliphatic imine (C=N–C) groups is 1. The van der Waals surface area contributed by atoms with E-state index in [9.17, 15) is 0 Å². The van der Waals surface area contributed by atoms with Crippen LogP contribution < -0.4 is 30.2 Å². The van der Waals surface area contributed by atoms with Crippen LogP contribution in [0, 0.1) is 6.92 Å². The summed E-state index contributed by atoms with van der Waals surface area (Å²) in [4.78, 5) is 17.6. The van der Waals surface area contributed by atoms with Crippen LogP contribution in [0.15, 0.2) is 94.9 Å². The Kier molecular flexibility index (Phi) is 10.6. The lowest BCUT2D eigenvalue weighted by Gasteiger charge is -2.32. The molecule has 4 heterocycles. The fourth-order valence-corrected chi connectivity index (χ4v) is 7.42. The summed E-state index contributed by atoms with van der Waals surface area (Å²) >= 11 is 10.6. The molecular weight excluding hydrogens is 799 g/mol. The maximum absolute atomic E-state index is 15.1. The molecule has 0 radical (unpaired) electrons.